The largest absolute Gasteiger partial charge is 0.443 e. The minimum Gasteiger partial charge on any atom is -0.443 e. The number of pyridine rings is 1. The van der Waals surface area contributed by atoms with Crippen molar-refractivity contribution in [1.29, 1.82) is 0 Å². The predicted octanol–water partition coefficient (Wildman–Crippen LogP) is 4.06. The lowest BCUT2D eigenvalue weighted by atomic mass is 10.1. The molecular formula is C19H20ClN5O2. The lowest BCUT2D eigenvalue weighted by Gasteiger charge is -2.20. The number of ether oxygens (including phenoxy) is 1. The number of benzene rings is 1. The third-order valence-electron chi connectivity index (χ3n) is 3.53. The molecule has 7 nitrogen and oxygen atoms in total. The average Bonchev–Trinajstić information content (AvgIpc) is 2.98. The zero-order valence-corrected chi connectivity index (χ0v) is 16.1. The summed E-state index contributed by atoms with van der Waals surface area (Å²) in [5.74, 6) is 1.03. The molecule has 0 aliphatic rings. The van der Waals surface area contributed by atoms with Gasteiger partial charge in [-0.2, -0.15) is 0 Å². The van der Waals surface area contributed by atoms with Crippen LogP contribution >= 0.6 is 11.6 Å². The van der Waals surface area contributed by atoms with Crippen molar-refractivity contribution >= 4 is 17.7 Å². The molecule has 0 saturated heterocycles. The van der Waals surface area contributed by atoms with Crippen molar-refractivity contribution in [3.8, 4) is 11.4 Å². The zero-order chi connectivity index (χ0) is 19.4. The second kappa shape index (κ2) is 7.75. The molecular weight excluding hydrogens is 366 g/mol. The zero-order valence-electron chi connectivity index (χ0n) is 15.3. The van der Waals surface area contributed by atoms with E-state index >= 15 is 0 Å². The van der Waals surface area contributed by atoms with E-state index in [0.29, 0.717) is 23.1 Å². The fourth-order valence-corrected chi connectivity index (χ4v) is 2.53. The number of aromatic nitrogens is 4. The van der Waals surface area contributed by atoms with Crippen molar-refractivity contribution in [2.24, 2.45) is 0 Å². The van der Waals surface area contributed by atoms with E-state index in [0.717, 1.165) is 11.1 Å². The van der Waals surface area contributed by atoms with Gasteiger partial charge in [0, 0.05) is 29.4 Å². The Balaban J connectivity index is 1.94. The topological polar surface area (TPSA) is 81.9 Å². The highest BCUT2D eigenvalue weighted by Crippen LogP contribution is 2.19. The molecule has 0 unspecified atom stereocenters. The quantitative estimate of drug-likeness (QED) is 0.732. The van der Waals surface area contributed by atoms with E-state index in [9.17, 15) is 4.79 Å². The van der Waals surface area contributed by atoms with Gasteiger partial charge in [0.2, 0.25) is 0 Å². The number of carbonyl (C=O) groups is 1. The highest BCUT2D eigenvalue weighted by atomic mass is 35.5. The maximum atomic E-state index is 12.3. The summed E-state index contributed by atoms with van der Waals surface area (Å²) in [4.78, 5) is 16.4. The molecule has 8 heteroatoms. The monoisotopic (exact) mass is 385 g/mol. The molecule has 0 radical (unpaired) electrons. The summed E-state index contributed by atoms with van der Waals surface area (Å²) < 4.78 is 6.89. The predicted molar refractivity (Wildman–Crippen MR) is 103 cm³/mol. The van der Waals surface area contributed by atoms with Gasteiger partial charge in [-0.3, -0.25) is 4.98 Å². The van der Waals surface area contributed by atoms with Gasteiger partial charge in [0.1, 0.15) is 5.60 Å². The molecule has 0 atom stereocenters. The van der Waals surface area contributed by atoms with E-state index in [1.165, 1.54) is 4.68 Å². The lowest BCUT2D eigenvalue weighted by Crippen LogP contribution is -2.32. The minimum absolute atomic E-state index is 0.459. The van der Waals surface area contributed by atoms with E-state index in [2.05, 4.69) is 20.6 Å². The second-order valence-electron chi connectivity index (χ2n) is 6.93. The van der Waals surface area contributed by atoms with Crippen LogP contribution < -0.4 is 5.43 Å². The summed E-state index contributed by atoms with van der Waals surface area (Å²) in [5, 5.41) is 9.12. The molecule has 0 aliphatic carbocycles. The molecule has 3 rings (SSSR count). The smallest absolute Gasteiger partial charge is 0.427 e. The number of hydrogen-bond acceptors (Lipinski definition) is 5. The molecule has 3 aromatic rings. The van der Waals surface area contributed by atoms with Gasteiger partial charge in [0.05, 0.1) is 0 Å². The molecule has 27 heavy (non-hydrogen) atoms. The molecule has 140 valence electrons. The van der Waals surface area contributed by atoms with E-state index < -0.39 is 11.7 Å². The number of nitrogens with one attached hydrogen (secondary N) is 1. The highest BCUT2D eigenvalue weighted by Gasteiger charge is 2.21. The maximum Gasteiger partial charge on any atom is 0.427 e. The van der Waals surface area contributed by atoms with Gasteiger partial charge in [-0.1, -0.05) is 23.7 Å². The van der Waals surface area contributed by atoms with Crippen LogP contribution in [0.3, 0.4) is 0 Å². The number of carbonyl (C=O) groups excluding carboxylic acids is 1. The van der Waals surface area contributed by atoms with Crippen molar-refractivity contribution in [2.45, 2.75) is 32.8 Å². The van der Waals surface area contributed by atoms with Gasteiger partial charge in [0.25, 0.3) is 0 Å². The average molecular weight is 386 g/mol. The van der Waals surface area contributed by atoms with E-state index in [1.54, 1.807) is 51.4 Å². The van der Waals surface area contributed by atoms with Gasteiger partial charge in [0.15, 0.2) is 11.6 Å². The summed E-state index contributed by atoms with van der Waals surface area (Å²) in [6.45, 7) is 5.40. The first-order valence-corrected chi connectivity index (χ1v) is 8.79. The second-order valence-corrected chi connectivity index (χ2v) is 7.37. The minimum atomic E-state index is -0.622. The highest BCUT2D eigenvalue weighted by molar-refractivity contribution is 6.30. The molecule has 2 heterocycles. The van der Waals surface area contributed by atoms with Crippen LogP contribution in [-0.4, -0.2) is 31.6 Å². The maximum absolute atomic E-state index is 12.3. The summed E-state index contributed by atoms with van der Waals surface area (Å²) in [7, 11) is 0. The van der Waals surface area contributed by atoms with Gasteiger partial charge in [-0.15, -0.1) is 10.2 Å². The number of hydrogen-bond donors (Lipinski definition) is 1. The van der Waals surface area contributed by atoms with Crippen LogP contribution in [0.2, 0.25) is 5.02 Å². The summed E-state index contributed by atoms with van der Waals surface area (Å²) in [6.07, 6.45) is 3.19. The number of amides is 1. The van der Waals surface area contributed by atoms with E-state index in [-0.39, 0.29) is 0 Å². The van der Waals surface area contributed by atoms with Crippen molar-refractivity contribution < 1.29 is 9.53 Å². The van der Waals surface area contributed by atoms with Crippen molar-refractivity contribution in [2.75, 3.05) is 5.43 Å². The number of nitrogens with zero attached hydrogens (tertiary/aromatic N) is 4. The Hall–Kier alpha value is -2.93. The van der Waals surface area contributed by atoms with Crippen molar-refractivity contribution in [1.82, 2.24) is 19.9 Å². The molecule has 1 amide bonds. The third-order valence-corrected chi connectivity index (χ3v) is 3.78. The molecule has 2 aromatic heterocycles. The first-order valence-electron chi connectivity index (χ1n) is 8.41. The Bertz CT molecular complexity index is 918. The number of rotatable bonds is 4. The fourth-order valence-electron chi connectivity index (χ4n) is 2.41. The molecule has 0 fully saturated rings. The van der Waals surface area contributed by atoms with Crippen LogP contribution in [-0.2, 0) is 11.2 Å². The van der Waals surface area contributed by atoms with Crippen LogP contribution in [0.15, 0.2) is 48.8 Å². The Morgan fingerprint density at radius 1 is 1.19 bits per heavy atom. The molecule has 0 saturated carbocycles. The molecule has 0 bridgehead atoms. The molecule has 1 aromatic carbocycles. The summed E-state index contributed by atoms with van der Waals surface area (Å²) >= 11 is 5.95. The summed E-state index contributed by atoms with van der Waals surface area (Å²) in [6, 6.07) is 11.1. The fraction of sp³-hybridized carbons (Fsp3) is 0.263. The SMILES string of the molecule is CC(C)(C)OC(=O)Nn1c(Cc2ccc(Cl)cc2)nnc1-c1cccnc1. The van der Waals surface area contributed by atoms with E-state index in [1.807, 2.05) is 18.2 Å². The van der Waals surface area contributed by atoms with Crippen LogP contribution in [0.1, 0.15) is 32.2 Å². The van der Waals surface area contributed by atoms with Gasteiger partial charge in [-0.25, -0.2) is 14.9 Å². The Morgan fingerprint density at radius 3 is 2.56 bits per heavy atom. The van der Waals surface area contributed by atoms with Gasteiger partial charge >= 0.3 is 6.09 Å². The van der Waals surface area contributed by atoms with Crippen molar-refractivity contribution in [3.63, 3.8) is 0 Å². The summed E-state index contributed by atoms with van der Waals surface area (Å²) in [5.41, 5.74) is 3.81. The standard InChI is InChI=1S/C19H20ClN5O2/c1-19(2,3)27-18(26)24-25-16(11-13-6-8-15(20)9-7-13)22-23-17(25)14-5-4-10-21-12-14/h4-10,12H,11H2,1-3H3,(H,24,26). The van der Waals surface area contributed by atoms with Crippen LogP contribution in [0.25, 0.3) is 11.4 Å². The Morgan fingerprint density at radius 2 is 1.93 bits per heavy atom. The van der Waals surface area contributed by atoms with Crippen LogP contribution in [0.4, 0.5) is 4.79 Å². The first-order chi connectivity index (χ1) is 12.8. The van der Waals surface area contributed by atoms with Crippen LogP contribution in [0, 0.1) is 0 Å². The van der Waals surface area contributed by atoms with Gasteiger partial charge in [-0.05, 0) is 50.6 Å². The third kappa shape index (κ3) is 5.04. The number of halogens is 1. The Labute approximate surface area is 162 Å². The normalized spacial score (nSPS) is 11.3. The van der Waals surface area contributed by atoms with Crippen LogP contribution in [0.5, 0.6) is 0 Å². The van der Waals surface area contributed by atoms with Gasteiger partial charge < -0.3 is 4.74 Å². The Kier molecular flexibility index (Phi) is 5.41. The first kappa shape index (κ1) is 18.8. The van der Waals surface area contributed by atoms with E-state index in [4.69, 9.17) is 16.3 Å². The van der Waals surface area contributed by atoms with Crippen molar-refractivity contribution in [3.05, 3.63) is 65.2 Å². The lowest BCUT2D eigenvalue weighted by molar-refractivity contribution is 0.0612. The molecule has 0 aliphatic heterocycles. The molecule has 0 spiro atoms. The molecule has 1 N–H and O–H groups in total.